The fourth-order valence-electron chi connectivity index (χ4n) is 4.00. The van der Waals surface area contributed by atoms with Crippen LogP contribution in [0.25, 0.3) is 0 Å². The molecule has 1 unspecified atom stereocenters. The number of aromatic nitrogens is 1. The van der Waals surface area contributed by atoms with Crippen LogP contribution in [0.2, 0.25) is 5.02 Å². The van der Waals surface area contributed by atoms with Crippen molar-refractivity contribution in [3.63, 3.8) is 0 Å². The molecule has 1 saturated heterocycles. The molecule has 1 aromatic heterocycles. The molecule has 1 atom stereocenters. The van der Waals surface area contributed by atoms with E-state index in [1.54, 1.807) is 12.3 Å². The number of ether oxygens (including phenoxy) is 1. The number of H-pyrrole nitrogens is 1. The Hall–Kier alpha value is -2.15. The van der Waals surface area contributed by atoms with Crippen molar-refractivity contribution in [3.05, 3.63) is 68.6 Å². The summed E-state index contributed by atoms with van der Waals surface area (Å²) in [5.41, 5.74) is 7.46. The molecule has 0 saturated carbocycles. The van der Waals surface area contributed by atoms with Crippen LogP contribution < -0.4 is 11.3 Å². The number of nitrogens with two attached hydrogens (primary N) is 1. The lowest BCUT2D eigenvalue weighted by molar-refractivity contribution is -0.148. The SMILES string of the molecule is NC(=O)C1OC2(CCN(Cc3ccc[nH]c3=O)CC2)c2cc(Cl)ccc21. The second-order valence-corrected chi connectivity index (χ2v) is 7.36. The van der Waals surface area contributed by atoms with Gasteiger partial charge in [-0.2, -0.15) is 0 Å². The number of hydrogen-bond donors (Lipinski definition) is 2. The third kappa shape index (κ3) is 2.94. The lowest BCUT2D eigenvalue weighted by Gasteiger charge is -2.39. The second-order valence-electron chi connectivity index (χ2n) is 6.93. The summed E-state index contributed by atoms with van der Waals surface area (Å²) < 4.78 is 6.17. The number of benzene rings is 1. The quantitative estimate of drug-likeness (QED) is 0.862. The molecule has 6 nitrogen and oxygen atoms in total. The molecule has 2 aliphatic rings. The lowest BCUT2D eigenvalue weighted by Crippen LogP contribution is -2.43. The number of amides is 1. The molecule has 0 radical (unpaired) electrons. The van der Waals surface area contributed by atoms with Gasteiger partial charge in [0, 0.05) is 36.4 Å². The van der Waals surface area contributed by atoms with Crippen LogP contribution >= 0.6 is 11.6 Å². The number of rotatable bonds is 3. The van der Waals surface area contributed by atoms with Crippen LogP contribution in [0.15, 0.2) is 41.3 Å². The molecule has 26 heavy (non-hydrogen) atoms. The number of carbonyl (C=O) groups excluding carboxylic acids is 1. The maximum Gasteiger partial charge on any atom is 0.252 e. The van der Waals surface area contributed by atoms with E-state index in [1.807, 2.05) is 24.3 Å². The van der Waals surface area contributed by atoms with Crippen LogP contribution in [0.1, 0.15) is 35.6 Å². The molecular weight excluding hydrogens is 354 g/mol. The zero-order valence-corrected chi connectivity index (χ0v) is 15.0. The summed E-state index contributed by atoms with van der Waals surface area (Å²) in [5, 5.41) is 0.620. The van der Waals surface area contributed by atoms with Crippen molar-refractivity contribution in [2.75, 3.05) is 13.1 Å². The zero-order valence-electron chi connectivity index (χ0n) is 14.2. The first kappa shape index (κ1) is 17.3. The van der Waals surface area contributed by atoms with Gasteiger partial charge in [-0.15, -0.1) is 0 Å². The van der Waals surface area contributed by atoms with Gasteiger partial charge >= 0.3 is 0 Å². The normalized spacial score (nSPS) is 21.7. The average molecular weight is 374 g/mol. The summed E-state index contributed by atoms with van der Waals surface area (Å²) >= 11 is 6.19. The maximum absolute atomic E-state index is 11.9. The molecule has 4 rings (SSSR count). The Morgan fingerprint density at radius 1 is 1.35 bits per heavy atom. The molecular formula is C19H20ClN3O3. The van der Waals surface area contributed by atoms with E-state index < -0.39 is 17.6 Å². The van der Waals surface area contributed by atoms with Crippen LogP contribution in [0.4, 0.5) is 0 Å². The topological polar surface area (TPSA) is 88.4 Å². The van der Waals surface area contributed by atoms with E-state index in [0.29, 0.717) is 11.6 Å². The lowest BCUT2D eigenvalue weighted by atomic mass is 9.83. The van der Waals surface area contributed by atoms with E-state index >= 15 is 0 Å². The number of carbonyl (C=O) groups is 1. The largest absolute Gasteiger partial charge is 0.367 e. The van der Waals surface area contributed by atoms with E-state index in [2.05, 4.69) is 9.88 Å². The van der Waals surface area contributed by atoms with Gasteiger partial charge in [-0.25, -0.2) is 0 Å². The molecule has 3 N–H and O–H groups in total. The highest BCUT2D eigenvalue weighted by atomic mass is 35.5. The van der Waals surface area contributed by atoms with Gasteiger partial charge < -0.3 is 15.5 Å². The summed E-state index contributed by atoms with van der Waals surface area (Å²) in [6.45, 7) is 2.10. The van der Waals surface area contributed by atoms with Crippen molar-refractivity contribution in [3.8, 4) is 0 Å². The Kier molecular flexibility index (Phi) is 4.34. The number of fused-ring (bicyclic) bond motifs is 2. The van der Waals surface area contributed by atoms with Crippen LogP contribution in [0, 0.1) is 0 Å². The molecule has 1 aromatic carbocycles. The molecule has 7 heteroatoms. The Labute approximate surface area is 155 Å². The minimum absolute atomic E-state index is 0.0594. The fraction of sp³-hybridized carbons (Fsp3) is 0.368. The number of pyridine rings is 1. The summed E-state index contributed by atoms with van der Waals surface area (Å²) in [4.78, 5) is 28.6. The number of nitrogens with one attached hydrogen (secondary N) is 1. The van der Waals surface area contributed by atoms with Gasteiger partial charge in [0.1, 0.15) is 0 Å². The van der Waals surface area contributed by atoms with Crippen molar-refractivity contribution in [2.45, 2.75) is 31.1 Å². The predicted molar refractivity (Wildman–Crippen MR) is 97.7 cm³/mol. The minimum Gasteiger partial charge on any atom is -0.367 e. The Morgan fingerprint density at radius 3 is 2.81 bits per heavy atom. The van der Waals surface area contributed by atoms with E-state index in [-0.39, 0.29) is 5.56 Å². The third-order valence-electron chi connectivity index (χ3n) is 5.35. The number of piperidine rings is 1. The number of likely N-dealkylation sites (tertiary alicyclic amines) is 1. The summed E-state index contributed by atoms with van der Waals surface area (Å²) in [5.74, 6) is -0.483. The van der Waals surface area contributed by atoms with Crippen molar-refractivity contribution in [1.82, 2.24) is 9.88 Å². The van der Waals surface area contributed by atoms with Crippen molar-refractivity contribution < 1.29 is 9.53 Å². The zero-order chi connectivity index (χ0) is 18.3. The van der Waals surface area contributed by atoms with Crippen LogP contribution in [0.3, 0.4) is 0 Å². The minimum atomic E-state index is -0.731. The van der Waals surface area contributed by atoms with Gasteiger partial charge in [-0.05, 0) is 42.2 Å². The monoisotopic (exact) mass is 373 g/mol. The fourth-order valence-corrected chi connectivity index (χ4v) is 4.17. The first-order valence-electron chi connectivity index (χ1n) is 8.64. The highest BCUT2D eigenvalue weighted by Crippen LogP contribution is 2.49. The summed E-state index contributed by atoms with van der Waals surface area (Å²) in [7, 11) is 0. The van der Waals surface area contributed by atoms with Crippen molar-refractivity contribution in [2.24, 2.45) is 5.73 Å². The Balaban J connectivity index is 1.55. The second kappa shape index (κ2) is 6.54. The molecule has 0 bridgehead atoms. The highest BCUT2D eigenvalue weighted by Gasteiger charge is 2.48. The van der Waals surface area contributed by atoms with Crippen LogP contribution in [0.5, 0.6) is 0 Å². The van der Waals surface area contributed by atoms with Crippen molar-refractivity contribution in [1.29, 1.82) is 0 Å². The van der Waals surface area contributed by atoms with E-state index in [1.165, 1.54) is 0 Å². The van der Waals surface area contributed by atoms with Gasteiger partial charge in [-0.1, -0.05) is 23.7 Å². The summed E-state index contributed by atoms with van der Waals surface area (Å²) in [6.07, 6.45) is 2.34. The number of primary amides is 1. The Bertz CT molecular complexity index is 903. The molecule has 1 amide bonds. The van der Waals surface area contributed by atoms with Gasteiger partial charge in [0.2, 0.25) is 0 Å². The molecule has 136 valence electrons. The van der Waals surface area contributed by atoms with E-state index in [4.69, 9.17) is 22.1 Å². The highest BCUT2D eigenvalue weighted by molar-refractivity contribution is 6.30. The van der Waals surface area contributed by atoms with E-state index in [0.717, 1.165) is 42.6 Å². The van der Waals surface area contributed by atoms with Gasteiger partial charge in [-0.3, -0.25) is 14.5 Å². The first-order valence-corrected chi connectivity index (χ1v) is 9.02. The Morgan fingerprint density at radius 2 is 2.12 bits per heavy atom. The molecule has 0 aliphatic carbocycles. The van der Waals surface area contributed by atoms with Gasteiger partial charge in [0.05, 0.1) is 5.60 Å². The molecule has 2 aliphatic heterocycles. The van der Waals surface area contributed by atoms with Crippen molar-refractivity contribution >= 4 is 17.5 Å². The number of halogens is 1. The standard InChI is InChI=1S/C19H20ClN3O3/c20-13-3-4-14-15(10-13)19(26-16(14)17(21)24)5-8-23(9-6-19)11-12-2-1-7-22-18(12)25/h1-4,7,10,16H,5-6,8-9,11H2,(H2,21,24)(H,22,25). The summed E-state index contributed by atoms with van der Waals surface area (Å²) in [6, 6.07) is 9.15. The number of hydrogen-bond acceptors (Lipinski definition) is 4. The van der Waals surface area contributed by atoms with Gasteiger partial charge in [0.15, 0.2) is 6.10 Å². The molecule has 1 fully saturated rings. The third-order valence-corrected chi connectivity index (χ3v) is 5.58. The maximum atomic E-state index is 11.9. The molecule has 1 spiro atoms. The average Bonchev–Trinajstić information content (AvgIpc) is 2.93. The number of nitrogens with zero attached hydrogens (tertiary/aromatic N) is 1. The van der Waals surface area contributed by atoms with Crippen LogP contribution in [-0.4, -0.2) is 28.9 Å². The predicted octanol–water partition coefficient (Wildman–Crippen LogP) is 2.08. The number of aromatic amines is 1. The van der Waals surface area contributed by atoms with Crippen LogP contribution in [-0.2, 0) is 21.7 Å². The molecule has 3 heterocycles. The van der Waals surface area contributed by atoms with Gasteiger partial charge in [0.25, 0.3) is 11.5 Å². The van der Waals surface area contributed by atoms with E-state index in [9.17, 15) is 9.59 Å². The molecule has 2 aromatic rings. The smallest absolute Gasteiger partial charge is 0.252 e. The first-order chi connectivity index (χ1) is 12.5.